The summed E-state index contributed by atoms with van der Waals surface area (Å²) in [6.07, 6.45) is 7.22. The van der Waals surface area contributed by atoms with Crippen molar-refractivity contribution in [3.63, 3.8) is 0 Å². The van der Waals surface area contributed by atoms with Crippen molar-refractivity contribution in [2.24, 2.45) is 0 Å². The van der Waals surface area contributed by atoms with E-state index in [2.05, 4.69) is 19.2 Å². The van der Waals surface area contributed by atoms with Crippen LogP contribution in [-0.4, -0.2) is 12.1 Å². The maximum atomic E-state index is 10.8. The molecule has 0 bridgehead atoms. The molecule has 0 amide bonds. The smallest absolute Gasteiger partial charge is 0.331 e. The van der Waals surface area contributed by atoms with Gasteiger partial charge in [-0.05, 0) is 24.5 Å². The summed E-state index contributed by atoms with van der Waals surface area (Å²) >= 11 is 0. The van der Waals surface area contributed by atoms with Crippen molar-refractivity contribution >= 4 is 5.97 Å². The van der Waals surface area contributed by atoms with Crippen molar-refractivity contribution in [1.82, 2.24) is 0 Å². The Balaban J connectivity index is 2.38. The summed E-state index contributed by atoms with van der Waals surface area (Å²) in [7, 11) is 0. The van der Waals surface area contributed by atoms with E-state index in [1.165, 1.54) is 6.08 Å². The molecule has 0 spiro atoms. The first kappa shape index (κ1) is 10.8. The number of hydrogen-bond donors (Lipinski definition) is 0. The molecule has 0 aromatic carbocycles. The van der Waals surface area contributed by atoms with Gasteiger partial charge in [0.2, 0.25) is 0 Å². The zero-order valence-electron chi connectivity index (χ0n) is 8.58. The lowest BCUT2D eigenvalue weighted by Gasteiger charge is -2.09. The molecule has 76 valence electrons. The number of hydrogen-bond acceptors (Lipinski definition) is 2. The third-order valence-electron chi connectivity index (χ3n) is 2.24. The molecular weight excluding hydrogens is 176 g/mol. The Morgan fingerprint density at radius 3 is 3.00 bits per heavy atom. The Bertz CT molecular complexity index is 283. The molecule has 2 heteroatoms. The van der Waals surface area contributed by atoms with Gasteiger partial charge in [-0.25, -0.2) is 4.79 Å². The first-order valence-electron chi connectivity index (χ1n) is 5.03. The lowest BCUT2D eigenvalue weighted by atomic mass is 10.0. The lowest BCUT2D eigenvalue weighted by molar-refractivity contribution is -0.138. The molecule has 0 radical (unpaired) electrons. The monoisotopic (exact) mass is 192 g/mol. The van der Waals surface area contributed by atoms with E-state index in [-0.39, 0.29) is 12.1 Å². The van der Waals surface area contributed by atoms with E-state index in [1.54, 1.807) is 6.08 Å². The second kappa shape index (κ2) is 5.46. The molecule has 14 heavy (non-hydrogen) atoms. The van der Waals surface area contributed by atoms with Crippen molar-refractivity contribution in [2.45, 2.75) is 38.7 Å². The predicted molar refractivity (Wildman–Crippen MR) is 55.8 cm³/mol. The molecule has 0 aliphatic carbocycles. The van der Waals surface area contributed by atoms with Gasteiger partial charge >= 0.3 is 5.97 Å². The van der Waals surface area contributed by atoms with Crippen LogP contribution in [-0.2, 0) is 9.53 Å². The van der Waals surface area contributed by atoms with Crippen molar-refractivity contribution in [1.29, 1.82) is 0 Å². The van der Waals surface area contributed by atoms with Crippen LogP contribution in [0.15, 0.2) is 30.0 Å². The fourth-order valence-corrected chi connectivity index (χ4v) is 1.42. The summed E-state index contributed by atoms with van der Waals surface area (Å²) in [5, 5.41) is 0. The topological polar surface area (TPSA) is 26.3 Å². The van der Waals surface area contributed by atoms with E-state index in [9.17, 15) is 4.79 Å². The highest BCUT2D eigenvalue weighted by Crippen LogP contribution is 2.18. The summed E-state index contributed by atoms with van der Waals surface area (Å²) in [6, 6.07) is 0. The molecule has 1 unspecified atom stereocenters. The molecule has 1 atom stereocenters. The van der Waals surface area contributed by atoms with Crippen molar-refractivity contribution in [2.75, 3.05) is 0 Å². The van der Waals surface area contributed by atoms with E-state index in [0.717, 1.165) is 31.3 Å². The molecule has 1 heterocycles. The van der Waals surface area contributed by atoms with Crippen LogP contribution in [0.2, 0.25) is 0 Å². The second-order valence-corrected chi connectivity index (χ2v) is 3.42. The molecule has 0 aromatic heterocycles. The molecule has 0 N–H and O–H groups in total. The van der Waals surface area contributed by atoms with E-state index in [1.807, 2.05) is 0 Å². The van der Waals surface area contributed by atoms with Crippen molar-refractivity contribution in [3.05, 3.63) is 30.0 Å². The second-order valence-electron chi connectivity index (χ2n) is 3.42. The predicted octanol–water partition coefficient (Wildman–Crippen LogP) is 2.76. The van der Waals surface area contributed by atoms with Gasteiger partial charge in [-0.15, -0.1) is 5.73 Å². The Kier molecular flexibility index (Phi) is 4.21. The lowest BCUT2D eigenvalue weighted by Crippen LogP contribution is -2.08. The summed E-state index contributed by atoms with van der Waals surface area (Å²) < 4.78 is 5.03. The van der Waals surface area contributed by atoms with Crippen LogP contribution in [0, 0.1) is 0 Å². The van der Waals surface area contributed by atoms with Gasteiger partial charge < -0.3 is 4.74 Å². The van der Waals surface area contributed by atoms with Gasteiger partial charge in [-0.1, -0.05) is 19.9 Å². The highest BCUT2D eigenvalue weighted by Gasteiger charge is 2.17. The average molecular weight is 192 g/mol. The standard InChI is InChI=1S/C12H16O2/c1-3-5-6-10(4-2)9-11-7-8-12(13)14-11/h7-8,11H,2-3,5-6,9H2,1H3. The number of ether oxygens (including phenoxy) is 1. The van der Waals surface area contributed by atoms with Crippen molar-refractivity contribution in [3.8, 4) is 0 Å². The molecule has 2 nitrogen and oxygen atoms in total. The molecule has 1 rings (SSSR count). The molecule has 0 aromatic rings. The Hall–Kier alpha value is -1.27. The van der Waals surface area contributed by atoms with Crippen LogP contribution in [0.3, 0.4) is 0 Å². The minimum Gasteiger partial charge on any atom is -0.455 e. The van der Waals surface area contributed by atoms with E-state index in [4.69, 9.17) is 4.74 Å². The first-order chi connectivity index (χ1) is 6.76. The van der Waals surface area contributed by atoms with E-state index < -0.39 is 0 Å². The van der Waals surface area contributed by atoms with Crippen molar-refractivity contribution < 1.29 is 9.53 Å². The van der Waals surface area contributed by atoms with Crippen LogP contribution in [0.25, 0.3) is 0 Å². The fraction of sp³-hybridized carbons (Fsp3) is 0.500. The van der Waals surface area contributed by atoms with Crippen LogP contribution in [0.1, 0.15) is 32.6 Å². The maximum Gasteiger partial charge on any atom is 0.331 e. The van der Waals surface area contributed by atoms with Gasteiger partial charge in [0, 0.05) is 12.5 Å². The summed E-state index contributed by atoms with van der Waals surface area (Å²) in [6.45, 7) is 5.80. The number of carbonyl (C=O) groups excluding carboxylic acids is 1. The Morgan fingerprint density at radius 1 is 1.71 bits per heavy atom. The molecule has 0 saturated carbocycles. The minimum atomic E-state index is -0.242. The Labute approximate surface area is 85.0 Å². The largest absolute Gasteiger partial charge is 0.455 e. The zero-order valence-corrected chi connectivity index (χ0v) is 8.58. The number of cyclic esters (lactones) is 1. The molecule has 1 aliphatic heterocycles. The number of unbranched alkanes of at least 4 members (excludes halogenated alkanes) is 1. The van der Waals surface area contributed by atoms with Crippen LogP contribution in [0.4, 0.5) is 0 Å². The van der Waals surface area contributed by atoms with E-state index in [0.29, 0.717) is 0 Å². The summed E-state index contributed by atoms with van der Waals surface area (Å²) in [5.74, 6) is -0.242. The maximum absolute atomic E-state index is 10.8. The quantitative estimate of drug-likeness (QED) is 0.494. The summed E-state index contributed by atoms with van der Waals surface area (Å²) in [5.41, 5.74) is 4.07. The zero-order chi connectivity index (χ0) is 10.4. The van der Waals surface area contributed by atoms with Crippen LogP contribution >= 0.6 is 0 Å². The van der Waals surface area contributed by atoms with Gasteiger partial charge in [0.1, 0.15) is 6.10 Å². The van der Waals surface area contributed by atoms with E-state index >= 15 is 0 Å². The molecule has 1 aliphatic rings. The van der Waals surface area contributed by atoms with Gasteiger partial charge in [-0.3, -0.25) is 0 Å². The molecular formula is C12H16O2. The number of carbonyl (C=O) groups is 1. The third-order valence-corrected chi connectivity index (χ3v) is 2.24. The Morgan fingerprint density at radius 2 is 2.50 bits per heavy atom. The van der Waals surface area contributed by atoms with Gasteiger partial charge in [0.15, 0.2) is 0 Å². The highest BCUT2D eigenvalue weighted by molar-refractivity contribution is 5.84. The number of rotatable bonds is 5. The highest BCUT2D eigenvalue weighted by atomic mass is 16.5. The van der Waals surface area contributed by atoms with Gasteiger partial charge in [0.05, 0.1) is 0 Å². The molecule has 0 fully saturated rings. The van der Waals surface area contributed by atoms with Crippen LogP contribution < -0.4 is 0 Å². The SMILES string of the molecule is C=C=C(CCCC)CC1C=CC(=O)O1. The summed E-state index contributed by atoms with van der Waals surface area (Å²) in [4.78, 5) is 10.8. The number of esters is 1. The average Bonchev–Trinajstić information content (AvgIpc) is 2.58. The van der Waals surface area contributed by atoms with Gasteiger partial charge in [-0.2, -0.15) is 0 Å². The molecule has 0 saturated heterocycles. The van der Waals surface area contributed by atoms with Gasteiger partial charge in [0.25, 0.3) is 0 Å². The minimum absolute atomic E-state index is 0.0939. The first-order valence-corrected chi connectivity index (χ1v) is 5.03. The van der Waals surface area contributed by atoms with Crippen LogP contribution in [0.5, 0.6) is 0 Å². The normalized spacial score (nSPS) is 19.2. The fourth-order valence-electron chi connectivity index (χ4n) is 1.42. The third kappa shape index (κ3) is 3.23.